The summed E-state index contributed by atoms with van der Waals surface area (Å²) in [6.45, 7) is 0.649. The molecular weight excluding hydrogens is 267 g/mol. The molecule has 3 atom stereocenters. The third kappa shape index (κ3) is 1.84. The molecule has 0 amide bonds. The minimum atomic E-state index is -4.38. The summed E-state index contributed by atoms with van der Waals surface area (Å²) in [7, 11) is 0. The van der Waals surface area contributed by atoms with Crippen molar-refractivity contribution in [1.29, 1.82) is 0 Å². The van der Waals surface area contributed by atoms with Crippen LogP contribution in [0.4, 0.5) is 13.2 Å². The van der Waals surface area contributed by atoms with Gasteiger partial charge in [-0.3, -0.25) is 0 Å². The van der Waals surface area contributed by atoms with E-state index in [0.29, 0.717) is 29.9 Å². The SMILES string of the molecule is FC(F)(F)c1nc(C2CC3CCC2C3)nc2c1CNC2. The van der Waals surface area contributed by atoms with E-state index in [1.54, 1.807) is 0 Å². The Balaban J connectivity index is 1.78. The van der Waals surface area contributed by atoms with E-state index >= 15 is 0 Å². The van der Waals surface area contributed by atoms with Crippen molar-refractivity contribution >= 4 is 0 Å². The summed E-state index contributed by atoms with van der Waals surface area (Å²) in [6, 6.07) is 0. The van der Waals surface area contributed by atoms with Gasteiger partial charge in [0.1, 0.15) is 5.82 Å². The molecule has 6 heteroatoms. The highest BCUT2D eigenvalue weighted by atomic mass is 19.4. The lowest BCUT2D eigenvalue weighted by Gasteiger charge is -2.22. The van der Waals surface area contributed by atoms with Crippen molar-refractivity contribution in [3.63, 3.8) is 0 Å². The van der Waals surface area contributed by atoms with Crippen LogP contribution in [-0.4, -0.2) is 9.97 Å². The van der Waals surface area contributed by atoms with Gasteiger partial charge in [0.2, 0.25) is 0 Å². The Morgan fingerprint density at radius 2 is 1.90 bits per heavy atom. The maximum Gasteiger partial charge on any atom is 0.433 e. The summed E-state index contributed by atoms with van der Waals surface area (Å²) in [5.41, 5.74) is 0.0692. The number of fused-ring (bicyclic) bond motifs is 3. The number of hydrogen-bond donors (Lipinski definition) is 1. The molecule has 2 heterocycles. The molecule has 0 radical (unpaired) electrons. The topological polar surface area (TPSA) is 37.8 Å². The number of nitrogens with one attached hydrogen (secondary N) is 1. The largest absolute Gasteiger partial charge is 0.433 e. The van der Waals surface area contributed by atoms with Gasteiger partial charge in [-0.2, -0.15) is 13.2 Å². The Labute approximate surface area is 115 Å². The molecule has 1 aromatic heterocycles. The second-order valence-corrected chi connectivity index (χ2v) is 6.24. The van der Waals surface area contributed by atoms with E-state index in [9.17, 15) is 13.2 Å². The smallest absolute Gasteiger partial charge is 0.307 e. The minimum Gasteiger partial charge on any atom is -0.307 e. The molecule has 2 bridgehead atoms. The fourth-order valence-corrected chi connectivity index (χ4v) is 4.15. The Kier molecular flexibility index (Phi) is 2.61. The van der Waals surface area contributed by atoms with Crippen molar-refractivity contribution in [2.75, 3.05) is 0 Å². The van der Waals surface area contributed by atoms with Crippen LogP contribution in [0.1, 0.15) is 54.4 Å². The van der Waals surface area contributed by atoms with Crippen LogP contribution >= 0.6 is 0 Å². The normalized spacial score (nSPS) is 31.9. The average molecular weight is 283 g/mol. The molecule has 108 valence electrons. The lowest BCUT2D eigenvalue weighted by Crippen LogP contribution is -2.19. The summed E-state index contributed by atoms with van der Waals surface area (Å²) in [4.78, 5) is 8.39. The number of nitrogens with zero attached hydrogens (tertiary/aromatic N) is 2. The number of aromatic nitrogens is 2. The second kappa shape index (κ2) is 4.16. The standard InChI is InChI=1S/C14H16F3N3/c15-14(16,17)12-10-5-18-6-11(10)19-13(20-12)9-4-7-1-2-8(9)3-7/h7-9,18H,1-6H2. The van der Waals surface area contributed by atoms with E-state index in [1.165, 1.54) is 6.42 Å². The Bertz CT molecular complexity index is 555. The van der Waals surface area contributed by atoms with E-state index in [4.69, 9.17) is 0 Å². The van der Waals surface area contributed by atoms with Crippen molar-refractivity contribution in [2.24, 2.45) is 11.8 Å². The molecule has 3 unspecified atom stereocenters. The van der Waals surface area contributed by atoms with Crippen molar-refractivity contribution in [2.45, 2.75) is 50.9 Å². The molecule has 1 aliphatic heterocycles. The van der Waals surface area contributed by atoms with Crippen LogP contribution in [0.3, 0.4) is 0 Å². The van der Waals surface area contributed by atoms with Gasteiger partial charge in [-0.15, -0.1) is 0 Å². The summed E-state index contributed by atoms with van der Waals surface area (Å²) >= 11 is 0. The molecule has 2 fully saturated rings. The zero-order chi connectivity index (χ0) is 13.9. The van der Waals surface area contributed by atoms with Crippen LogP contribution in [0.5, 0.6) is 0 Å². The van der Waals surface area contributed by atoms with E-state index in [-0.39, 0.29) is 18.0 Å². The van der Waals surface area contributed by atoms with Crippen LogP contribution in [0, 0.1) is 11.8 Å². The van der Waals surface area contributed by atoms with Crippen LogP contribution in [0.25, 0.3) is 0 Å². The maximum absolute atomic E-state index is 13.2. The molecule has 1 aromatic rings. The first-order chi connectivity index (χ1) is 9.52. The van der Waals surface area contributed by atoms with Gasteiger partial charge in [0.25, 0.3) is 0 Å². The molecule has 0 spiro atoms. The molecule has 0 aromatic carbocycles. The Morgan fingerprint density at radius 1 is 1.05 bits per heavy atom. The maximum atomic E-state index is 13.2. The lowest BCUT2D eigenvalue weighted by atomic mass is 9.88. The highest BCUT2D eigenvalue weighted by molar-refractivity contribution is 5.32. The molecule has 1 N–H and O–H groups in total. The first-order valence-corrected chi connectivity index (χ1v) is 7.20. The third-order valence-corrected chi connectivity index (χ3v) is 5.04. The van der Waals surface area contributed by atoms with Gasteiger partial charge >= 0.3 is 6.18 Å². The van der Waals surface area contributed by atoms with Crippen molar-refractivity contribution in [1.82, 2.24) is 15.3 Å². The highest BCUT2D eigenvalue weighted by Gasteiger charge is 2.44. The second-order valence-electron chi connectivity index (χ2n) is 6.24. The molecular formula is C14H16F3N3. The molecule has 20 heavy (non-hydrogen) atoms. The van der Waals surface area contributed by atoms with Crippen LogP contribution in [0.15, 0.2) is 0 Å². The predicted molar refractivity (Wildman–Crippen MR) is 65.8 cm³/mol. The quantitative estimate of drug-likeness (QED) is 0.861. The van der Waals surface area contributed by atoms with Gasteiger partial charge in [0.05, 0.1) is 5.69 Å². The summed E-state index contributed by atoms with van der Waals surface area (Å²) in [5, 5.41) is 2.95. The first kappa shape index (κ1) is 12.6. The van der Waals surface area contributed by atoms with Crippen LogP contribution in [-0.2, 0) is 19.3 Å². The lowest BCUT2D eigenvalue weighted by molar-refractivity contribution is -0.142. The Hall–Kier alpha value is -1.17. The zero-order valence-electron chi connectivity index (χ0n) is 11.0. The van der Waals surface area contributed by atoms with Crippen molar-refractivity contribution in [3.05, 3.63) is 22.8 Å². The predicted octanol–water partition coefficient (Wildman–Crippen LogP) is 3.00. The molecule has 3 nitrogen and oxygen atoms in total. The molecule has 2 aliphatic carbocycles. The van der Waals surface area contributed by atoms with Crippen molar-refractivity contribution in [3.8, 4) is 0 Å². The molecule has 4 rings (SSSR count). The first-order valence-electron chi connectivity index (χ1n) is 7.20. The molecule has 2 saturated carbocycles. The van der Waals surface area contributed by atoms with Gasteiger partial charge in [-0.05, 0) is 31.1 Å². The molecule has 0 saturated heterocycles. The van der Waals surface area contributed by atoms with Gasteiger partial charge in [0, 0.05) is 24.6 Å². The fourth-order valence-electron chi connectivity index (χ4n) is 4.15. The number of alkyl halides is 3. The minimum absolute atomic E-state index is 0.140. The summed E-state index contributed by atoms with van der Waals surface area (Å²) in [5.74, 6) is 1.75. The third-order valence-electron chi connectivity index (χ3n) is 5.04. The number of rotatable bonds is 1. The van der Waals surface area contributed by atoms with E-state index in [0.717, 1.165) is 19.3 Å². The fraction of sp³-hybridized carbons (Fsp3) is 0.714. The number of halogens is 3. The average Bonchev–Trinajstić information content (AvgIpc) is 3.11. The van der Waals surface area contributed by atoms with Gasteiger partial charge in [-0.1, -0.05) is 6.42 Å². The summed E-state index contributed by atoms with van der Waals surface area (Å²) < 4.78 is 39.5. The van der Waals surface area contributed by atoms with Crippen LogP contribution in [0.2, 0.25) is 0 Å². The van der Waals surface area contributed by atoms with Crippen molar-refractivity contribution < 1.29 is 13.2 Å². The van der Waals surface area contributed by atoms with Gasteiger partial charge in [0.15, 0.2) is 5.69 Å². The van der Waals surface area contributed by atoms with Gasteiger partial charge in [-0.25, -0.2) is 9.97 Å². The summed E-state index contributed by atoms with van der Waals surface area (Å²) in [6.07, 6.45) is 0.0689. The number of hydrogen-bond acceptors (Lipinski definition) is 3. The van der Waals surface area contributed by atoms with Gasteiger partial charge < -0.3 is 5.32 Å². The molecule has 3 aliphatic rings. The monoisotopic (exact) mass is 283 g/mol. The van der Waals surface area contributed by atoms with E-state index < -0.39 is 11.9 Å². The highest BCUT2D eigenvalue weighted by Crippen LogP contribution is 2.52. The zero-order valence-corrected chi connectivity index (χ0v) is 11.0. The van der Waals surface area contributed by atoms with E-state index in [1.807, 2.05) is 0 Å². The Morgan fingerprint density at radius 3 is 2.55 bits per heavy atom. The van der Waals surface area contributed by atoms with E-state index in [2.05, 4.69) is 15.3 Å². The van der Waals surface area contributed by atoms with Crippen LogP contribution < -0.4 is 5.32 Å².